The van der Waals surface area contributed by atoms with E-state index in [1.807, 2.05) is 0 Å². The second-order valence-electron chi connectivity index (χ2n) is 3.94. The monoisotopic (exact) mass is 314 g/mol. The lowest BCUT2D eigenvalue weighted by molar-refractivity contribution is 0.0532. The molecule has 3 N–H and O–H groups in total. The Kier molecular flexibility index (Phi) is 3.32. The minimum Gasteiger partial charge on any atom is -0.507 e. The van der Waals surface area contributed by atoms with Crippen molar-refractivity contribution in [3.63, 3.8) is 0 Å². The van der Waals surface area contributed by atoms with Crippen molar-refractivity contribution in [2.24, 2.45) is 0 Å². The third-order valence-electron chi connectivity index (χ3n) is 2.84. The van der Waals surface area contributed by atoms with Crippen molar-refractivity contribution in [1.29, 1.82) is 0 Å². The summed E-state index contributed by atoms with van der Waals surface area (Å²) in [5.41, 5.74) is 0.638. The first kappa shape index (κ1) is 12.9. The zero-order chi connectivity index (χ0) is 13.4. The lowest BCUT2D eigenvalue weighted by Gasteiger charge is -2.14. The Morgan fingerprint density at radius 3 is 2.56 bits per heavy atom. The molecule has 18 heavy (non-hydrogen) atoms. The summed E-state index contributed by atoms with van der Waals surface area (Å²) in [6, 6.07) is 0. The average Bonchev–Trinajstić information content (AvgIpc) is 2.68. The third-order valence-corrected chi connectivity index (χ3v) is 3.12. The van der Waals surface area contributed by atoms with Gasteiger partial charge in [-0.1, -0.05) is 22.5 Å². The van der Waals surface area contributed by atoms with Gasteiger partial charge in [0.05, 0.1) is 6.61 Å². The fraction of sp³-hybridized carbons (Fsp3) is 0.250. The van der Waals surface area contributed by atoms with Crippen LogP contribution in [0.4, 0.5) is 0 Å². The molecule has 0 saturated carbocycles. The highest BCUT2D eigenvalue weighted by atomic mass is 79.9. The van der Waals surface area contributed by atoms with Crippen LogP contribution in [0.2, 0.25) is 0 Å². The molecule has 0 bridgehead atoms. The summed E-state index contributed by atoms with van der Waals surface area (Å²) in [4.78, 5) is 11.4. The Labute approximate surface area is 111 Å². The van der Waals surface area contributed by atoms with Crippen LogP contribution in [0, 0.1) is 0 Å². The van der Waals surface area contributed by atoms with E-state index in [-0.39, 0.29) is 41.2 Å². The van der Waals surface area contributed by atoms with Gasteiger partial charge >= 0.3 is 5.97 Å². The van der Waals surface area contributed by atoms with Crippen LogP contribution in [0.3, 0.4) is 0 Å². The van der Waals surface area contributed by atoms with Crippen molar-refractivity contribution >= 4 is 21.9 Å². The molecular weight excluding hydrogens is 304 g/mol. The minimum atomic E-state index is -0.697. The van der Waals surface area contributed by atoms with Gasteiger partial charge in [0, 0.05) is 23.1 Å². The number of esters is 1. The zero-order valence-corrected chi connectivity index (χ0v) is 11.0. The van der Waals surface area contributed by atoms with Gasteiger partial charge in [-0.15, -0.1) is 0 Å². The van der Waals surface area contributed by atoms with Gasteiger partial charge in [-0.05, 0) is 4.48 Å². The van der Waals surface area contributed by atoms with E-state index in [0.717, 1.165) is 0 Å². The number of carbonyl (C=O) groups is 1. The molecule has 0 atom stereocenters. The number of rotatable bonds is 3. The largest absolute Gasteiger partial charge is 0.507 e. The Morgan fingerprint density at radius 1 is 1.33 bits per heavy atom. The fourth-order valence-electron chi connectivity index (χ4n) is 2.00. The quantitative estimate of drug-likeness (QED) is 0.584. The normalized spacial score (nSPS) is 13.3. The van der Waals surface area contributed by atoms with Crippen LogP contribution in [-0.2, 0) is 24.4 Å². The number of halogens is 1. The van der Waals surface area contributed by atoms with Gasteiger partial charge in [0.2, 0.25) is 0 Å². The highest BCUT2D eigenvalue weighted by Crippen LogP contribution is 2.42. The Balaban J connectivity index is 2.72. The average molecular weight is 315 g/mol. The van der Waals surface area contributed by atoms with Crippen LogP contribution in [0.25, 0.3) is 0 Å². The lowest BCUT2D eigenvalue weighted by Crippen LogP contribution is -2.03. The smallest absolute Gasteiger partial charge is 0.342 e. The van der Waals surface area contributed by atoms with Crippen molar-refractivity contribution in [3.05, 3.63) is 33.3 Å². The molecule has 0 saturated heterocycles. The summed E-state index contributed by atoms with van der Waals surface area (Å²) in [5.74, 6) is -1.17. The number of fused-ring (bicyclic) bond motifs is 1. The van der Waals surface area contributed by atoms with Gasteiger partial charge in [-0.3, -0.25) is 0 Å². The van der Waals surface area contributed by atoms with Gasteiger partial charge in [0.15, 0.2) is 0 Å². The SMILES string of the molecule is C=C(Br)Cc1c(O)c2c(c(O)c1CO)C(=O)OC2. The molecule has 5 nitrogen and oxygen atoms in total. The van der Waals surface area contributed by atoms with Crippen molar-refractivity contribution in [3.8, 4) is 11.5 Å². The van der Waals surface area contributed by atoms with E-state index in [9.17, 15) is 20.1 Å². The maximum atomic E-state index is 11.4. The molecule has 1 heterocycles. The number of carbonyl (C=O) groups excluding carboxylic acids is 1. The molecule has 0 aliphatic carbocycles. The Hall–Kier alpha value is -1.53. The number of hydrogen-bond acceptors (Lipinski definition) is 5. The van der Waals surface area contributed by atoms with Gasteiger partial charge in [-0.25, -0.2) is 4.79 Å². The maximum absolute atomic E-state index is 11.4. The van der Waals surface area contributed by atoms with Gasteiger partial charge in [0.25, 0.3) is 0 Å². The minimum absolute atomic E-state index is 0.0690. The van der Waals surface area contributed by atoms with Gasteiger partial charge in [0.1, 0.15) is 23.7 Å². The summed E-state index contributed by atoms with van der Waals surface area (Å²) in [6.45, 7) is 3.08. The molecule has 0 amide bonds. The van der Waals surface area contributed by atoms with Crippen LogP contribution in [0.5, 0.6) is 11.5 Å². The number of phenolic OH excluding ortho intramolecular Hbond substituents is 1. The molecule has 1 aliphatic rings. The van der Waals surface area contributed by atoms with Crippen molar-refractivity contribution < 1.29 is 24.9 Å². The van der Waals surface area contributed by atoms with Crippen LogP contribution in [0.15, 0.2) is 11.1 Å². The molecule has 1 aromatic carbocycles. The predicted octanol–water partition coefficient (Wildman–Crippen LogP) is 1.71. The molecule has 6 heteroatoms. The van der Waals surface area contributed by atoms with Crippen molar-refractivity contribution in [1.82, 2.24) is 0 Å². The highest BCUT2D eigenvalue weighted by Gasteiger charge is 2.32. The standard InChI is InChI=1S/C12H11BrO5/c1-5(13)2-6-7(3-14)11(16)9-8(10(6)15)4-18-12(9)17/h14-16H,1-4H2. The summed E-state index contributed by atoms with van der Waals surface area (Å²) < 4.78 is 5.35. The number of benzene rings is 1. The van der Waals surface area contributed by atoms with Crippen LogP contribution >= 0.6 is 15.9 Å². The molecule has 0 spiro atoms. The summed E-state index contributed by atoms with van der Waals surface area (Å²) >= 11 is 3.16. The molecule has 96 valence electrons. The number of aliphatic hydroxyl groups excluding tert-OH is 1. The Bertz CT molecular complexity index is 550. The van der Waals surface area contributed by atoms with Crippen LogP contribution < -0.4 is 0 Å². The first-order valence-corrected chi connectivity index (χ1v) is 5.96. The van der Waals surface area contributed by atoms with Gasteiger partial charge in [-0.2, -0.15) is 0 Å². The summed E-state index contributed by atoms with van der Waals surface area (Å²) in [7, 11) is 0. The first-order chi connectivity index (χ1) is 8.47. The van der Waals surface area contributed by atoms with E-state index >= 15 is 0 Å². The first-order valence-electron chi connectivity index (χ1n) is 5.17. The number of phenols is 2. The van der Waals surface area contributed by atoms with Gasteiger partial charge < -0.3 is 20.1 Å². The number of aromatic hydroxyl groups is 2. The van der Waals surface area contributed by atoms with E-state index in [0.29, 0.717) is 10.0 Å². The second-order valence-corrected chi connectivity index (χ2v) is 5.06. The third kappa shape index (κ3) is 1.87. The van der Waals surface area contributed by atoms with Crippen LogP contribution in [-0.4, -0.2) is 21.3 Å². The van der Waals surface area contributed by atoms with E-state index in [1.165, 1.54) is 0 Å². The van der Waals surface area contributed by atoms with E-state index in [1.54, 1.807) is 0 Å². The number of aliphatic hydroxyl groups is 1. The number of hydrogen-bond donors (Lipinski definition) is 3. The molecule has 0 aromatic heterocycles. The van der Waals surface area contributed by atoms with E-state index in [4.69, 9.17) is 4.74 Å². The highest BCUT2D eigenvalue weighted by molar-refractivity contribution is 9.11. The van der Waals surface area contributed by atoms with E-state index < -0.39 is 12.6 Å². The lowest BCUT2D eigenvalue weighted by atomic mass is 9.95. The fourth-order valence-corrected chi connectivity index (χ4v) is 2.28. The molecule has 0 radical (unpaired) electrons. The Morgan fingerprint density at radius 2 is 2.00 bits per heavy atom. The number of ether oxygens (including phenoxy) is 1. The maximum Gasteiger partial charge on any atom is 0.342 e. The van der Waals surface area contributed by atoms with E-state index in [2.05, 4.69) is 22.5 Å². The molecule has 0 fully saturated rings. The topological polar surface area (TPSA) is 87.0 Å². The molecule has 2 rings (SSSR count). The molecule has 1 aliphatic heterocycles. The second kappa shape index (κ2) is 4.62. The molecular formula is C12H11BrO5. The van der Waals surface area contributed by atoms with Crippen molar-refractivity contribution in [2.75, 3.05) is 0 Å². The number of allylic oxidation sites excluding steroid dienone is 1. The summed E-state index contributed by atoms with van der Waals surface area (Å²) in [6.07, 6.45) is 0.233. The summed E-state index contributed by atoms with van der Waals surface area (Å²) in [5, 5.41) is 29.4. The molecule has 0 unspecified atom stereocenters. The molecule has 1 aromatic rings. The van der Waals surface area contributed by atoms with Crippen molar-refractivity contribution in [2.45, 2.75) is 19.6 Å². The number of cyclic esters (lactones) is 1. The predicted molar refractivity (Wildman–Crippen MR) is 66.6 cm³/mol. The zero-order valence-electron chi connectivity index (χ0n) is 9.36. The van der Waals surface area contributed by atoms with Crippen LogP contribution in [0.1, 0.15) is 27.0 Å².